The fourth-order valence-electron chi connectivity index (χ4n) is 0. The number of hydrogen-bond donors (Lipinski definition) is 0. The van der Waals surface area contributed by atoms with Gasteiger partial charge in [-0.3, -0.25) is 0 Å². The minimum Gasteiger partial charge on any atom is -0.169 e. The summed E-state index contributed by atoms with van der Waals surface area (Å²) in [6.45, 7) is 12.9. The summed E-state index contributed by atoms with van der Waals surface area (Å²) in [6, 6.07) is 0. The van der Waals surface area contributed by atoms with Crippen LogP contribution in [0.15, 0.2) is 0 Å². The first kappa shape index (κ1) is 23.3. The quantitative estimate of drug-likeness (QED) is 0.539. The van der Waals surface area contributed by atoms with E-state index in [1.165, 1.54) is 25.7 Å². The van der Waals surface area contributed by atoms with E-state index in [0.717, 1.165) is 0 Å². The van der Waals surface area contributed by atoms with E-state index in [4.69, 9.17) is 0 Å². The van der Waals surface area contributed by atoms with Crippen molar-refractivity contribution in [1.29, 1.82) is 0 Å². The Kier molecular flexibility index (Phi) is 99.6. The van der Waals surface area contributed by atoms with Crippen LogP contribution in [0, 0.1) is 0 Å². The van der Waals surface area contributed by atoms with Crippen LogP contribution in [0.4, 0.5) is 0 Å². The first-order valence-corrected chi connectivity index (χ1v) is 7.19. The predicted molar refractivity (Wildman–Crippen MR) is 72.0 cm³/mol. The molecule has 0 aliphatic rings. The molecule has 0 rings (SSSR count). The van der Waals surface area contributed by atoms with Gasteiger partial charge < -0.3 is 0 Å². The van der Waals surface area contributed by atoms with Gasteiger partial charge in [0.15, 0.2) is 0 Å². The Hall–Kier alpha value is 0.350. The van der Waals surface area contributed by atoms with Crippen LogP contribution in [0.2, 0.25) is 0 Å². The molecule has 0 heterocycles. The van der Waals surface area contributed by atoms with Crippen LogP contribution in [0.3, 0.4) is 0 Å². The highest BCUT2D eigenvalue weighted by Crippen LogP contribution is 1.76. The van der Waals surface area contributed by atoms with E-state index in [1.54, 1.807) is 11.8 Å². The van der Waals surface area contributed by atoms with Crippen molar-refractivity contribution >= 4 is 11.8 Å². The van der Waals surface area contributed by atoms with Gasteiger partial charge in [-0.05, 0) is 12.5 Å². The highest BCUT2D eigenvalue weighted by molar-refractivity contribution is 7.97. The first-order chi connectivity index (χ1) is 6.16. The fraction of sp³-hybridized carbons (Fsp3) is 1.00. The van der Waals surface area contributed by atoms with E-state index in [0.29, 0.717) is 0 Å². The van der Waals surface area contributed by atoms with Crippen molar-refractivity contribution in [2.75, 3.05) is 12.5 Å². The summed E-state index contributed by atoms with van der Waals surface area (Å²) in [6.07, 6.45) is 9.22. The van der Waals surface area contributed by atoms with E-state index < -0.39 is 0 Å². The lowest BCUT2D eigenvalue weighted by molar-refractivity contribution is 0.886. The third-order valence-corrected chi connectivity index (χ3v) is 0.500. The van der Waals surface area contributed by atoms with Crippen molar-refractivity contribution in [2.45, 2.75) is 67.2 Å². The Balaban J connectivity index is -0.0000000420. The smallest absolute Gasteiger partial charge is 0.0187 e. The maximum atomic E-state index is 2.18. The Bertz CT molecular complexity index is 21.6. The summed E-state index contributed by atoms with van der Waals surface area (Å²) >= 11 is 1.75. The van der Waals surface area contributed by atoms with Crippen molar-refractivity contribution in [2.24, 2.45) is 0 Å². The maximum absolute atomic E-state index is 2.18. The molecule has 0 amide bonds. The van der Waals surface area contributed by atoms with Gasteiger partial charge in [0.1, 0.15) is 0 Å². The van der Waals surface area contributed by atoms with Gasteiger partial charge >= 0.3 is 0 Å². The average molecular weight is 208 g/mol. The zero-order chi connectivity index (χ0) is 11.5. The van der Waals surface area contributed by atoms with Gasteiger partial charge in [-0.25, -0.2) is 0 Å². The van der Waals surface area contributed by atoms with E-state index in [9.17, 15) is 0 Å². The molecule has 0 bridgehead atoms. The van der Waals surface area contributed by atoms with E-state index in [1.807, 2.05) is 12.5 Å². The van der Waals surface area contributed by atoms with Crippen LogP contribution < -0.4 is 0 Å². The average Bonchev–Trinajstić information content (AvgIpc) is 2.08. The van der Waals surface area contributed by atoms with Crippen molar-refractivity contribution in [3.8, 4) is 0 Å². The van der Waals surface area contributed by atoms with Crippen molar-refractivity contribution < 1.29 is 0 Å². The van der Waals surface area contributed by atoms with Crippen LogP contribution in [0.25, 0.3) is 0 Å². The minimum absolute atomic E-state index is 1.25. The molecule has 0 aromatic rings. The molecule has 0 aliphatic carbocycles. The predicted octanol–water partition coefficient (Wildman–Crippen LogP) is 5.62. The Morgan fingerprint density at radius 2 is 0.692 bits per heavy atom. The first-order valence-electron chi connectivity index (χ1n) is 5.56. The summed E-state index contributed by atoms with van der Waals surface area (Å²) < 4.78 is 0. The Morgan fingerprint density at radius 3 is 0.692 bits per heavy atom. The maximum Gasteiger partial charge on any atom is -0.0187 e. The summed E-state index contributed by atoms with van der Waals surface area (Å²) in [5, 5.41) is 0. The van der Waals surface area contributed by atoms with Gasteiger partial charge in [-0.15, -0.1) is 0 Å². The molecule has 0 saturated carbocycles. The van der Waals surface area contributed by atoms with Gasteiger partial charge in [0.25, 0.3) is 0 Å². The Labute approximate surface area is 91.9 Å². The monoisotopic (exact) mass is 208 g/mol. The third kappa shape index (κ3) is 726. The van der Waals surface area contributed by atoms with Gasteiger partial charge in [0.2, 0.25) is 0 Å². The van der Waals surface area contributed by atoms with Crippen molar-refractivity contribution in [1.82, 2.24) is 0 Å². The number of hydrogen-bond acceptors (Lipinski definition) is 1. The summed E-state index contributed by atoms with van der Waals surface area (Å²) in [5.74, 6) is 0. The molecule has 0 radical (unpaired) electrons. The van der Waals surface area contributed by atoms with Crippen LogP contribution in [-0.4, -0.2) is 12.5 Å². The lowest BCUT2D eigenvalue weighted by Crippen LogP contribution is -1.47. The number of rotatable bonds is 1. The zero-order valence-electron chi connectivity index (χ0n) is 11.2. The lowest BCUT2D eigenvalue weighted by atomic mass is 10.4. The molecule has 0 N–H and O–H groups in total. The molecule has 0 atom stereocenters. The van der Waals surface area contributed by atoms with Crippen molar-refractivity contribution in [3.63, 3.8) is 0 Å². The largest absolute Gasteiger partial charge is 0.169 e. The molecule has 0 aromatic carbocycles. The van der Waals surface area contributed by atoms with Gasteiger partial charge in [-0.1, -0.05) is 67.2 Å². The van der Waals surface area contributed by atoms with Crippen LogP contribution >= 0.6 is 11.8 Å². The molecule has 0 nitrogen and oxygen atoms in total. The van der Waals surface area contributed by atoms with E-state index >= 15 is 0 Å². The summed E-state index contributed by atoms with van der Waals surface area (Å²) in [7, 11) is 0. The number of unbranched alkanes of at least 4 members (excludes halogenated alkanes) is 1. The zero-order valence-corrected chi connectivity index (χ0v) is 12.1. The lowest BCUT2D eigenvalue weighted by Gasteiger charge is -1.68. The molecule has 1 heteroatoms. The highest BCUT2D eigenvalue weighted by Gasteiger charge is 1.56. The van der Waals surface area contributed by atoms with Gasteiger partial charge in [-0.2, -0.15) is 11.8 Å². The molecule has 86 valence electrons. The fourth-order valence-corrected chi connectivity index (χ4v) is 0. The normalized spacial score (nSPS) is 6.46. The second kappa shape index (κ2) is 55.6. The van der Waals surface area contributed by atoms with E-state index in [-0.39, 0.29) is 0 Å². The molecular weight excluding hydrogens is 176 g/mol. The van der Waals surface area contributed by atoms with Crippen LogP contribution in [-0.2, 0) is 0 Å². The highest BCUT2D eigenvalue weighted by atomic mass is 32.2. The van der Waals surface area contributed by atoms with Gasteiger partial charge in [0, 0.05) is 0 Å². The molecule has 0 aromatic heterocycles. The topological polar surface area (TPSA) is 0 Å². The van der Waals surface area contributed by atoms with Crippen LogP contribution in [0.1, 0.15) is 67.2 Å². The molecule has 13 heavy (non-hydrogen) atoms. The number of thioether (sulfide) groups is 1. The third-order valence-electron chi connectivity index (χ3n) is 0.500. The standard InChI is InChI=1S/C4H10.2C3H8.C2H6S/c1-3-4-2;3*1-3-2/h3-4H2,1-2H3;2*3H2,1-2H3;1-2H3. The molecular formula is C12H32S. The van der Waals surface area contributed by atoms with Crippen LogP contribution in [0.5, 0.6) is 0 Å². The molecule has 0 aliphatic heterocycles. The second-order valence-corrected chi connectivity index (χ2v) is 3.64. The molecule has 0 fully saturated rings. The second-order valence-electron chi connectivity index (χ2n) is 2.82. The molecule has 0 unspecified atom stereocenters. The summed E-state index contributed by atoms with van der Waals surface area (Å²) in [5.41, 5.74) is 0. The SMILES string of the molecule is CCC.CCC.CCCC.CSC. The van der Waals surface area contributed by atoms with Crippen molar-refractivity contribution in [3.05, 3.63) is 0 Å². The van der Waals surface area contributed by atoms with Gasteiger partial charge in [0.05, 0.1) is 0 Å². The Morgan fingerprint density at radius 1 is 0.615 bits per heavy atom. The summed E-state index contributed by atoms with van der Waals surface area (Å²) in [4.78, 5) is 0. The molecule has 0 saturated heterocycles. The minimum atomic E-state index is 1.25. The van der Waals surface area contributed by atoms with E-state index in [2.05, 4.69) is 41.5 Å². The molecule has 0 spiro atoms.